The van der Waals surface area contributed by atoms with Gasteiger partial charge < -0.3 is 20.9 Å². The summed E-state index contributed by atoms with van der Waals surface area (Å²) in [6, 6.07) is 5.03. The lowest BCUT2D eigenvalue weighted by Gasteiger charge is -2.40. The van der Waals surface area contributed by atoms with Crippen LogP contribution in [0.3, 0.4) is 0 Å². The number of carbonyl (C=O) groups excluding carboxylic acids is 4. The van der Waals surface area contributed by atoms with Gasteiger partial charge in [-0.3, -0.25) is 28.8 Å². The molecule has 3 aliphatic rings. The molecule has 2 aliphatic heterocycles. The minimum Gasteiger partial charge on any atom is -0.344 e. The average molecular weight is 624 g/mol. The maximum atomic E-state index is 15.5. The fourth-order valence-electron chi connectivity index (χ4n) is 7.10. The van der Waals surface area contributed by atoms with Crippen LogP contribution < -0.4 is 16.0 Å². The summed E-state index contributed by atoms with van der Waals surface area (Å²) in [5.74, 6) is -1.99. The number of anilines is 1. The number of hydrogen-bond acceptors (Lipinski definition) is 6. The van der Waals surface area contributed by atoms with E-state index < -0.39 is 29.7 Å². The van der Waals surface area contributed by atoms with Crippen molar-refractivity contribution in [2.75, 3.05) is 25.5 Å². The van der Waals surface area contributed by atoms with Gasteiger partial charge in [-0.1, -0.05) is 32.3 Å². The van der Waals surface area contributed by atoms with Crippen molar-refractivity contribution in [1.29, 1.82) is 0 Å². The van der Waals surface area contributed by atoms with Crippen LogP contribution in [0.1, 0.15) is 81.3 Å². The van der Waals surface area contributed by atoms with Gasteiger partial charge in [0.05, 0.1) is 5.69 Å². The zero-order chi connectivity index (χ0) is 32.1. The summed E-state index contributed by atoms with van der Waals surface area (Å²) in [5, 5.41) is 12.6. The first-order valence-corrected chi connectivity index (χ1v) is 16.4. The second kappa shape index (κ2) is 14.5. The van der Waals surface area contributed by atoms with E-state index >= 15 is 4.39 Å². The second-order valence-electron chi connectivity index (χ2n) is 12.7. The third-order valence-corrected chi connectivity index (χ3v) is 9.78. The molecule has 244 valence electrons. The molecule has 45 heavy (non-hydrogen) atoms. The predicted molar refractivity (Wildman–Crippen MR) is 168 cm³/mol. The molecule has 12 heteroatoms. The molecule has 0 spiro atoms. The Bertz CT molecular complexity index is 1380. The van der Waals surface area contributed by atoms with E-state index in [0.717, 1.165) is 44.9 Å². The molecule has 1 aliphatic carbocycles. The van der Waals surface area contributed by atoms with Crippen LogP contribution in [0.2, 0.25) is 0 Å². The Kier molecular flexibility index (Phi) is 10.5. The van der Waals surface area contributed by atoms with E-state index in [2.05, 4.69) is 33.0 Å². The summed E-state index contributed by atoms with van der Waals surface area (Å²) < 4.78 is 17.1. The molecule has 11 nitrogen and oxygen atoms in total. The topological polar surface area (TPSA) is 129 Å². The number of fused-ring (bicyclic) bond motifs is 2. The molecule has 3 unspecified atom stereocenters. The van der Waals surface area contributed by atoms with Crippen LogP contribution in [0, 0.1) is 11.7 Å². The fraction of sp³-hybridized carbons (Fsp3) is 0.606. The quantitative estimate of drug-likeness (QED) is 0.353. The lowest BCUT2D eigenvalue weighted by atomic mass is 9.83. The largest absolute Gasteiger partial charge is 0.344 e. The minimum absolute atomic E-state index is 0.00600. The number of amides is 4. The predicted octanol–water partition coefficient (Wildman–Crippen LogP) is 3.10. The summed E-state index contributed by atoms with van der Waals surface area (Å²) in [5.41, 5.74) is 0.890. The van der Waals surface area contributed by atoms with Crippen LogP contribution in [0.4, 0.5) is 10.1 Å². The molecule has 2 bridgehead atoms. The highest BCUT2D eigenvalue weighted by atomic mass is 19.1. The maximum absolute atomic E-state index is 15.5. The van der Waals surface area contributed by atoms with Crippen molar-refractivity contribution >= 4 is 29.3 Å². The Balaban J connectivity index is 1.28. The van der Waals surface area contributed by atoms with Gasteiger partial charge in [0.15, 0.2) is 0 Å². The number of hydrogen-bond donors (Lipinski definition) is 3. The number of likely N-dealkylation sites (N-methyl/N-ethyl adjacent to an activating group) is 1. The number of halogens is 1. The van der Waals surface area contributed by atoms with Crippen LogP contribution in [0.5, 0.6) is 0 Å². The van der Waals surface area contributed by atoms with Crippen LogP contribution in [0.25, 0.3) is 0 Å². The zero-order valence-corrected chi connectivity index (χ0v) is 26.6. The van der Waals surface area contributed by atoms with E-state index in [0.29, 0.717) is 43.0 Å². The highest BCUT2D eigenvalue weighted by Gasteiger charge is 2.41. The van der Waals surface area contributed by atoms with Gasteiger partial charge in [-0.25, -0.2) is 4.39 Å². The number of carbonyl (C=O) groups is 4. The fourth-order valence-corrected chi connectivity index (χ4v) is 7.10. The first-order chi connectivity index (χ1) is 21.7. The van der Waals surface area contributed by atoms with Gasteiger partial charge in [0.1, 0.15) is 23.6 Å². The Morgan fingerprint density at radius 2 is 1.69 bits per heavy atom. The van der Waals surface area contributed by atoms with Crippen molar-refractivity contribution in [3.8, 4) is 0 Å². The number of nitrogens with one attached hydrogen (secondary N) is 3. The number of likely N-dealkylation sites (tertiary alicyclic amines) is 1. The van der Waals surface area contributed by atoms with Crippen LogP contribution in [-0.2, 0) is 27.3 Å². The second-order valence-corrected chi connectivity index (χ2v) is 12.7. The van der Waals surface area contributed by atoms with Gasteiger partial charge in [0, 0.05) is 50.8 Å². The lowest BCUT2D eigenvalue weighted by Crippen LogP contribution is -2.58. The van der Waals surface area contributed by atoms with Crippen molar-refractivity contribution in [3.63, 3.8) is 0 Å². The highest BCUT2D eigenvalue weighted by Crippen LogP contribution is 2.30. The number of rotatable bonds is 11. The van der Waals surface area contributed by atoms with Crippen molar-refractivity contribution in [2.24, 2.45) is 5.92 Å². The molecule has 0 radical (unpaired) electrons. The van der Waals surface area contributed by atoms with Crippen molar-refractivity contribution in [3.05, 3.63) is 47.5 Å². The first-order valence-electron chi connectivity index (χ1n) is 16.4. The molecule has 5 rings (SSSR count). The monoisotopic (exact) mass is 623 g/mol. The molecule has 3 heterocycles. The molecule has 4 atom stereocenters. The van der Waals surface area contributed by atoms with E-state index in [4.69, 9.17) is 0 Å². The summed E-state index contributed by atoms with van der Waals surface area (Å²) in [7, 11) is 2.09. The van der Waals surface area contributed by atoms with E-state index in [1.807, 2.05) is 11.8 Å². The molecule has 1 saturated carbocycles. The number of benzene rings is 1. The number of nitrogens with zero attached hydrogens (tertiary/aromatic N) is 4. The summed E-state index contributed by atoms with van der Waals surface area (Å²) in [4.78, 5) is 56.9. The van der Waals surface area contributed by atoms with Crippen LogP contribution in [0.15, 0.2) is 30.5 Å². The van der Waals surface area contributed by atoms with Crippen molar-refractivity contribution in [2.45, 2.75) is 102 Å². The molecule has 3 N–H and O–H groups in total. The van der Waals surface area contributed by atoms with Gasteiger partial charge in [-0.05, 0) is 69.3 Å². The van der Waals surface area contributed by atoms with E-state index in [9.17, 15) is 19.2 Å². The van der Waals surface area contributed by atoms with Crippen molar-refractivity contribution < 1.29 is 23.6 Å². The van der Waals surface area contributed by atoms with E-state index in [-0.39, 0.29) is 36.3 Å². The minimum atomic E-state index is -0.831. The zero-order valence-electron chi connectivity index (χ0n) is 26.6. The molecular weight excluding hydrogens is 577 g/mol. The van der Waals surface area contributed by atoms with Gasteiger partial charge in [0.25, 0.3) is 5.91 Å². The number of aryl methyl sites for hydroxylation is 1. The van der Waals surface area contributed by atoms with Gasteiger partial charge in [-0.2, -0.15) is 5.10 Å². The van der Waals surface area contributed by atoms with Crippen molar-refractivity contribution in [1.82, 2.24) is 30.2 Å². The standard InChI is InChI=1S/C33H46FN7O4/c1-4-29(42)36-27(33(45)40-19-23-12-13-24(20-40)39(23)3)18-21-11-14-26(25(34)17-21)37-32(44)30(22-9-7-6-8-10-22)38-31(43)28-15-16-35-41(28)5-2/h11,14-17,22-24,27,30H,4-10,12-13,18-20H2,1-3H3,(H,36,42)(H,37,44)(H,38,43)/t23?,24?,27?,30-/m0/s1. The summed E-state index contributed by atoms with van der Waals surface area (Å²) in [6.45, 7) is 5.35. The summed E-state index contributed by atoms with van der Waals surface area (Å²) in [6.07, 6.45) is 8.59. The first kappa shape index (κ1) is 32.6. The lowest BCUT2D eigenvalue weighted by molar-refractivity contribution is -0.139. The average Bonchev–Trinajstić information content (AvgIpc) is 3.59. The smallest absolute Gasteiger partial charge is 0.270 e. The maximum Gasteiger partial charge on any atom is 0.270 e. The van der Waals surface area contributed by atoms with Crippen LogP contribution >= 0.6 is 0 Å². The SMILES string of the molecule is CCC(=O)NC(Cc1ccc(NC(=O)[C@@H](NC(=O)c2ccnn2CC)C2CCCCC2)c(F)c1)C(=O)N1CC2CCC(C1)N2C. The normalized spacial score (nSPS) is 21.6. The molecular formula is C33H46FN7O4. The van der Waals surface area contributed by atoms with E-state index in [1.54, 1.807) is 29.9 Å². The molecule has 2 aromatic rings. The molecule has 3 fully saturated rings. The number of aromatic nitrogens is 2. The van der Waals surface area contributed by atoms with Gasteiger partial charge >= 0.3 is 0 Å². The van der Waals surface area contributed by atoms with Gasteiger partial charge in [0.2, 0.25) is 17.7 Å². The Morgan fingerprint density at radius 3 is 2.33 bits per heavy atom. The Labute approximate surface area is 264 Å². The highest BCUT2D eigenvalue weighted by molar-refractivity contribution is 6.00. The number of piperazine rings is 1. The van der Waals surface area contributed by atoms with Crippen LogP contribution in [-0.4, -0.2) is 87.5 Å². The van der Waals surface area contributed by atoms with E-state index in [1.165, 1.54) is 12.1 Å². The third kappa shape index (κ3) is 7.54. The molecule has 1 aromatic heterocycles. The Hall–Kier alpha value is -3.80. The molecule has 1 aromatic carbocycles. The third-order valence-electron chi connectivity index (χ3n) is 9.78. The van der Waals surface area contributed by atoms with Gasteiger partial charge in [-0.15, -0.1) is 0 Å². The molecule has 4 amide bonds. The summed E-state index contributed by atoms with van der Waals surface area (Å²) >= 11 is 0. The molecule has 2 saturated heterocycles. The Morgan fingerprint density at radius 1 is 0.978 bits per heavy atom.